The topological polar surface area (TPSA) is 57.8 Å². The molecule has 0 fully saturated rings. The quantitative estimate of drug-likeness (QED) is 0.779. The molecule has 0 saturated heterocycles. The predicted molar refractivity (Wildman–Crippen MR) is 80.2 cm³/mol. The van der Waals surface area contributed by atoms with Crippen molar-refractivity contribution in [3.8, 4) is 0 Å². The lowest BCUT2D eigenvalue weighted by atomic mass is 9.85. The predicted octanol–water partition coefficient (Wildman–Crippen LogP) is 3.20. The normalized spacial score (nSPS) is 16.4. The van der Waals surface area contributed by atoms with E-state index in [1.54, 1.807) is 12.5 Å². The van der Waals surface area contributed by atoms with Crippen LogP contribution in [0.5, 0.6) is 0 Å². The average molecular weight is 267 g/mol. The summed E-state index contributed by atoms with van der Waals surface area (Å²) in [6.45, 7) is 6.49. The van der Waals surface area contributed by atoms with E-state index in [-0.39, 0.29) is 11.3 Å². The Morgan fingerprint density at radius 1 is 1.25 bits per heavy atom. The average Bonchev–Trinajstić information content (AvgIpc) is 2.97. The van der Waals surface area contributed by atoms with Gasteiger partial charge in [-0.1, -0.05) is 26.8 Å². The molecule has 1 aliphatic heterocycles. The molecule has 2 heterocycles. The maximum absolute atomic E-state index is 12.1. The lowest BCUT2D eigenvalue weighted by Gasteiger charge is -2.19. The Morgan fingerprint density at radius 3 is 2.70 bits per heavy atom. The Balaban J connectivity index is 2.11. The highest BCUT2D eigenvalue weighted by molar-refractivity contribution is 6.34. The number of rotatable bonds is 1. The zero-order chi connectivity index (χ0) is 14.3. The van der Waals surface area contributed by atoms with Crippen LogP contribution < -0.4 is 5.32 Å². The third-order valence-electron chi connectivity index (χ3n) is 3.49. The van der Waals surface area contributed by atoms with Gasteiger partial charge in [0.25, 0.3) is 5.91 Å². The summed E-state index contributed by atoms with van der Waals surface area (Å²) in [6.07, 6.45) is 5.14. The second-order valence-corrected chi connectivity index (χ2v) is 6.03. The molecule has 0 saturated carbocycles. The number of amides is 1. The number of aromatic amines is 1. The number of anilines is 1. The number of imidazole rings is 1. The van der Waals surface area contributed by atoms with Crippen molar-refractivity contribution in [2.45, 2.75) is 26.2 Å². The standard InChI is InChI=1S/C16H17N3O/c1-16(2,3)10-4-5-14-12(6-10)13(15(20)19-14)7-11-8-17-9-18-11/h4-9H,1-3H3,(H,17,18)(H,19,20)/b13-7-. The van der Waals surface area contributed by atoms with Gasteiger partial charge in [0.05, 0.1) is 23.8 Å². The molecule has 2 N–H and O–H groups in total. The molecule has 4 heteroatoms. The zero-order valence-corrected chi connectivity index (χ0v) is 11.8. The van der Waals surface area contributed by atoms with Gasteiger partial charge in [-0.05, 0) is 29.2 Å². The maximum atomic E-state index is 12.1. The highest BCUT2D eigenvalue weighted by atomic mass is 16.2. The Labute approximate surface area is 117 Å². The van der Waals surface area contributed by atoms with Crippen LogP contribution in [0.3, 0.4) is 0 Å². The van der Waals surface area contributed by atoms with Gasteiger partial charge in [0.15, 0.2) is 0 Å². The molecule has 4 nitrogen and oxygen atoms in total. The van der Waals surface area contributed by atoms with Crippen molar-refractivity contribution in [3.05, 3.63) is 47.5 Å². The number of nitrogens with zero attached hydrogens (tertiary/aromatic N) is 1. The van der Waals surface area contributed by atoms with Crippen LogP contribution in [0.15, 0.2) is 30.7 Å². The van der Waals surface area contributed by atoms with E-state index in [0.717, 1.165) is 16.9 Å². The summed E-state index contributed by atoms with van der Waals surface area (Å²) in [5.74, 6) is -0.0688. The number of carbonyl (C=O) groups is 1. The van der Waals surface area contributed by atoms with E-state index in [1.807, 2.05) is 12.1 Å². The highest BCUT2D eigenvalue weighted by Crippen LogP contribution is 2.36. The number of nitrogens with one attached hydrogen (secondary N) is 2. The third-order valence-corrected chi connectivity index (χ3v) is 3.49. The van der Waals surface area contributed by atoms with Crippen molar-refractivity contribution in [1.29, 1.82) is 0 Å². The van der Waals surface area contributed by atoms with Crippen LogP contribution >= 0.6 is 0 Å². The molecule has 1 aliphatic rings. The molecule has 0 spiro atoms. The van der Waals surface area contributed by atoms with Gasteiger partial charge in [0.1, 0.15) is 0 Å². The van der Waals surface area contributed by atoms with Gasteiger partial charge in [-0.15, -0.1) is 0 Å². The summed E-state index contributed by atoms with van der Waals surface area (Å²) in [6, 6.07) is 6.13. The first kappa shape index (κ1) is 12.7. The number of carbonyl (C=O) groups excluding carboxylic acids is 1. The van der Waals surface area contributed by atoms with Crippen molar-refractivity contribution in [1.82, 2.24) is 9.97 Å². The minimum atomic E-state index is -0.0688. The van der Waals surface area contributed by atoms with Crippen LogP contribution in [0.25, 0.3) is 11.6 Å². The first-order chi connectivity index (χ1) is 9.45. The molecule has 1 aromatic heterocycles. The molecule has 2 aromatic rings. The summed E-state index contributed by atoms with van der Waals surface area (Å²) >= 11 is 0. The molecule has 3 rings (SSSR count). The van der Waals surface area contributed by atoms with E-state index in [0.29, 0.717) is 5.57 Å². The monoisotopic (exact) mass is 267 g/mol. The zero-order valence-electron chi connectivity index (χ0n) is 11.8. The van der Waals surface area contributed by atoms with Gasteiger partial charge in [-0.3, -0.25) is 4.79 Å². The van der Waals surface area contributed by atoms with E-state index < -0.39 is 0 Å². The van der Waals surface area contributed by atoms with Gasteiger partial charge in [-0.2, -0.15) is 0 Å². The van der Waals surface area contributed by atoms with Gasteiger partial charge in [0, 0.05) is 11.3 Å². The molecule has 102 valence electrons. The lowest BCUT2D eigenvalue weighted by molar-refractivity contribution is -0.110. The molecule has 0 aliphatic carbocycles. The molecule has 1 aromatic carbocycles. The minimum absolute atomic E-state index is 0.0553. The van der Waals surface area contributed by atoms with Crippen LogP contribution in [0, 0.1) is 0 Å². The van der Waals surface area contributed by atoms with Crippen LogP contribution in [0.1, 0.15) is 37.6 Å². The van der Waals surface area contributed by atoms with E-state index in [9.17, 15) is 4.79 Å². The van der Waals surface area contributed by atoms with Crippen molar-refractivity contribution in [2.24, 2.45) is 0 Å². The second-order valence-electron chi connectivity index (χ2n) is 6.03. The van der Waals surface area contributed by atoms with E-state index in [2.05, 4.69) is 48.2 Å². The van der Waals surface area contributed by atoms with Crippen LogP contribution in [0.2, 0.25) is 0 Å². The second kappa shape index (κ2) is 4.34. The van der Waals surface area contributed by atoms with Gasteiger partial charge in [0.2, 0.25) is 0 Å². The molecule has 0 atom stereocenters. The van der Waals surface area contributed by atoms with E-state index >= 15 is 0 Å². The Hall–Kier alpha value is -2.36. The fourth-order valence-corrected chi connectivity index (χ4v) is 2.30. The molecule has 20 heavy (non-hydrogen) atoms. The van der Waals surface area contributed by atoms with Crippen molar-refractivity contribution < 1.29 is 4.79 Å². The van der Waals surface area contributed by atoms with Gasteiger partial charge >= 0.3 is 0 Å². The molecule has 1 amide bonds. The van der Waals surface area contributed by atoms with Crippen LogP contribution in [0.4, 0.5) is 5.69 Å². The lowest BCUT2D eigenvalue weighted by Crippen LogP contribution is -2.10. The highest BCUT2D eigenvalue weighted by Gasteiger charge is 2.26. The van der Waals surface area contributed by atoms with Gasteiger partial charge in [-0.25, -0.2) is 4.98 Å². The molecule has 0 unspecified atom stereocenters. The Morgan fingerprint density at radius 2 is 2.05 bits per heavy atom. The number of hydrogen-bond acceptors (Lipinski definition) is 2. The van der Waals surface area contributed by atoms with Gasteiger partial charge < -0.3 is 10.3 Å². The summed E-state index contributed by atoms with van der Waals surface area (Å²) in [4.78, 5) is 19.1. The Kier molecular flexibility index (Phi) is 2.74. The fraction of sp³-hybridized carbons (Fsp3) is 0.250. The van der Waals surface area contributed by atoms with Crippen molar-refractivity contribution in [2.75, 3.05) is 5.32 Å². The van der Waals surface area contributed by atoms with Crippen molar-refractivity contribution >= 4 is 23.2 Å². The molecular weight excluding hydrogens is 250 g/mol. The summed E-state index contributed by atoms with van der Waals surface area (Å²) < 4.78 is 0. The SMILES string of the molecule is CC(C)(C)c1ccc2c(c1)/C(=C/c1cnc[nH]1)C(=O)N2. The first-order valence-electron chi connectivity index (χ1n) is 6.61. The number of aromatic nitrogens is 2. The third kappa shape index (κ3) is 2.13. The van der Waals surface area contributed by atoms with E-state index in [4.69, 9.17) is 0 Å². The fourth-order valence-electron chi connectivity index (χ4n) is 2.30. The number of benzene rings is 1. The smallest absolute Gasteiger partial charge is 0.256 e. The van der Waals surface area contributed by atoms with Crippen LogP contribution in [-0.4, -0.2) is 15.9 Å². The summed E-state index contributed by atoms with van der Waals surface area (Å²) in [5, 5.41) is 2.90. The maximum Gasteiger partial charge on any atom is 0.256 e. The number of hydrogen-bond donors (Lipinski definition) is 2. The summed E-state index contributed by atoms with van der Waals surface area (Å²) in [5.41, 5.74) is 4.59. The van der Waals surface area contributed by atoms with Crippen molar-refractivity contribution in [3.63, 3.8) is 0 Å². The first-order valence-corrected chi connectivity index (χ1v) is 6.61. The van der Waals surface area contributed by atoms with E-state index in [1.165, 1.54) is 5.56 Å². The number of H-pyrrole nitrogens is 1. The van der Waals surface area contributed by atoms with Crippen LogP contribution in [-0.2, 0) is 10.2 Å². The minimum Gasteiger partial charge on any atom is -0.345 e. The largest absolute Gasteiger partial charge is 0.345 e. The molecule has 0 radical (unpaired) electrons. The summed E-state index contributed by atoms with van der Waals surface area (Å²) in [7, 11) is 0. The molecular formula is C16H17N3O. The Bertz CT molecular complexity index is 691. The number of fused-ring (bicyclic) bond motifs is 1. The molecule has 0 bridgehead atoms.